The van der Waals surface area contributed by atoms with Gasteiger partial charge in [-0.05, 0) is 12.1 Å². The lowest BCUT2D eigenvalue weighted by Crippen LogP contribution is -2.41. The van der Waals surface area contributed by atoms with E-state index in [-0.39, 0.29) is 17.5 Å². The maximum absolute atomic E-state index is 14.1. The van der Waals surface area contributed by atoms with Crippen molar-refractivity contribution in [1.29, 1.82) is 0 Å². The topological polar surface area (TPSA) is 60.2 Å². The fraction of sp³-hybridized carbons (Fsp3) is 0.353. The number of halogens is 1. The largest absolute Gasteiger partial charge is 0.378 e. The van der Waals surface area contributed by atoms with Gasteiger partial charge in [-0.15, -0.1) is 16.8 Å². The Balaban J connectivity index is 1.76. The molecule has 1 saturated heterocycles. The van der Waals surface area contributed by atoms with Crippen molar-refractivity contribution in [2.45, 2.75) is 11.7 Å². The average Bonchev–Trinajstić information content (AvgIpc) is 3.04. The van der Waals surface area contributed by atoms with Crippen molar-refractivity contribution in [2.75, 3.05) is 32.1 Å². The molecule has 1 aromatic heterocycles. The lowest BCUT2D eigenvalue weighted by Gasteiger charge is -2.26. The van der Waals surface area contributed by atoms with Crippen LogP contribution in [0.3, 0.4) is 0 Å². The van der Waals surface area contributed by atoms with Crippen LogP contribution >= 0.6 is 11.8 Å². The highest BCUT2D eigenvalue weighted by molar-refractivity contribution is 7.99. The van der Waals surface area contributed by atoms with Crippen LogP contribution in [0.15, 0.2) is 42.1 Å². The number of allylic oxidation sites excluding steroid dienone is 1. The molecule has 1 amide bonds. The van der Waals surface area contributed by atoms with Crippen LogP contribution in [0.5, 0.6) is 0 Å². The van der Waals surface area contributed by atoms with Crippen molar-refractivity contribution < 1.29 is 13.9 Å². The Morgan fingerprint density at radius 3 is 2.80 bits per heavy atom. The molecule has 6 nitrogen and oxygen atoms in total. The monoisotopic (exact) mass is 362 g/mol. The van der Waals surface area contributed by atoms with E-state index in [1.807, 2.05) is 0 Å². The smallest absolute Gasteiger partial charge is 0.233 e. The van der Waals surface area contributed by atoms with Crippen molar-refractivity contribution in [3.8, 4) is 11.4 Å². The quantitative estimate of drug-likeness (QED) is 0.583. The third kappa shape index (κ3) is 4.08. The summed E-state index contributed by atoms with van der Waals surface area (Å²) in [5, 5.41) is 8.82. The average molecular weight is 362 g/mol. The van der Waals surface area contributed by atoms with Crippen LogP contribution in [0.2, 0.25) is 0 Å². The first kappa shape index (κ1) is 17.6. The molecule has 0 saturated carbocycles. The molecule has 8 heteroatoms. The highest BCUT2D eigenvalue weighted by Crippen LogP contribution is 2.26. The molecule has 0 N–H and O–H groups in total. The zero-order chi connectivity index (χ0) is 17.6. The Hall–Kier alpha value is -2.19. The van der Waals surface area contributed by atoms with E-state index in [1.165, 1.54) is 17.8 Å². The third-order valence-electron chi connectivity index (χ3n) is 3.83. The number of carbonyl (C=O) groups excluding carboxylic acids is 1. The van der Waals surface area contributed by atoms with Gasteiger partial charge in [-0.1, -0.05) is 30.0 Å². The summed E-state index contributed by atoms with van der Waals surface area (Å²) >= 11 is 1.30. The number of ether oxygens (including phenoxy) is 1. The van der Waals surface area contributed by atoms with Crippen molar-refractivity contribution in [2.24, 2.45) is 0 Å². The van der Waals surface area contributed by atoms with Gasteiger partial charge in [0.1, 0.15) is 5.82 Å². The summed E-state index contributed by atoms with van der Waals surface area (Å²) in [5.74, 6) is 0.362. The predicted octanol–water partition coefficient (Wildman–Crippen LogP) is 2.22. The van der Waals surface area contributed by atoms with E-state index in [2.05, 4.69) is 16.8 Å². The SMILES string of the molecule is C=CCn1c(SCC(=O)N2CCOCC2)nnc1-c1ccccc1F. The molecule has 2 heterocycles. The van der Waals surface area contributed by atoms with Gasteiger partial charge in [-0.3, -0.25) is 9.36 Å². The Bertz CT molecular complexity index is 759. The van der Waals surface area contributed by atoms with Crippen LogP contribution in [0.4, 0.5) is 4.39 Å². The van der Waals surface area contributed by atoms with E-state index in [1.54, 1.807) is 33.7 Å². The van der Waals surface area contributed by atoms with Gasteiger partial charge in [0.15, 0.2) is 11.0 Å². The summed E-state index contributed by atoms with van der Waals surface area (Å²) in [5.41, 5.74) is 0.378. The Morgan fingerprint density at radius 2 is 2.08 bits per heavy atom. The minimum atomic E-state index is -0.360. The number of aromatic nitrogens is 3. The van der Waals surface area contributed by atoms with Gasteiger partial charge >= 0.3 is 0 Å². The third-order valence-corrected chi connectivity index (χ3v) is 4.78. The van der Waals surface area contributed by atoms with Gasteiger partial charge < -0.3 is 9.64 Å². The molecular weight excluding hydrogens is 343 g/mol. The van der Waals surface area contributed by atoms with E-state index in [9.17, 15) is 9.18 Å². The van der Waals surface area contributed by atoms with E-state index in [0.29, 0.717) is 49.4 Å². The Kier molecular flexibility index (Phi) is 5.83. The zero-order valence-corrected chi connectivity index (χ0v) is 14.5. The number of thioether (sulfide) groups is 1. The van der Waals surface area contributed by atoms with E-state index >= 15 is 0 Å². The minimum Gasteiger partial charge on any atom is -0.378 e. The molecule has 0 spiro atoms. The second-order valence-corrected chi connectivity index (χ2v) is 6.41. The molecule has 0 bridgehead atoms. The first-order valence-corrected chi connectivity index (χ1v) is 8.96. The number of benzene rings is 1. The second-order valence-electron chi connectivity index (χ2n) is 5.47. The van der Waals surface area contributed by atoms with Crippen molar-refractivity contribution in [3.05, 3.63) is 42.7 Å². The zero-order valence-electron chi connectivity index (χ0n) is 13.7. The molecule has 3 rings (SSSR count). The van der Waals surface area contributed by atoms with Crippen LogP contribution in [0.25, 0.3) is 11.4 Å². The second kappa shape index (κ2) is 8.26. The van der Waals surface area contributed by atoms with Gasteiger partial charge in [-0.25, -0.2) is 4.39 Å². The lowest BCUT2D eigenvalue weighted by molar-refractivity contribution is -0.132. The summed E-state index contributed by atoms with van der Waals surface area (Å²) in [6.07, 6.45) is 1.70. The number of rotatable bonds is 6. The molecule has 1 fully saturated rings. The molecule has 0 atom stereocenters. The molecule has 0 unspecified atom stereocenters. The van der Waals surface area contributed by atoms with Crippen LogP contribution in [-0.4, -0.2) is 57.6 Å². The number of hydrogen-bond acceptors (Lipinski definition) is 5. The predicted molar refractivity (Wildman–Crippen MR) is 93.7 cm³/mol. The molecule has 1 aromatic carbocycles. The summed E-state index contributed by atoms with van der Waals surface area (Å²) in [6.45, 7) is 6.53. The molecule has 1 aliphatic heterocycles. The molecule has 132 valence electrons. The van der Waals surface area contributed by atoms with E-state index < -0.39 is 0 Å². The van der Waals surface area contributed by atoms with E-state index in [0.717, 1.165) is 0 Å². The number of amides is 1. The molecule has 2 aromatic rings. The number of hydrogen-bond donors (Lipinski definition) is 0. The van der Waals surface area contributed by atoms with Crippen LogP contribution in [-0.2, 0) is 16.1 Å². The number of nitrogens with zero attached hydrogens (tertiary/aromatic N) is 4. The summed E-state index contributed by atoms with van der Waals surface area (Å²) < 4.78 is 21.1. The highest BCUT2D eigenvalue weighted by atomic mass is 32.2. The molecular formula is C17H19FN4O2S. The fourth-order valence-corrected chi connectivity index (χ4v) is 3.41. The van der Waals surface area contributed by atoms with Crippen LogP contribution in [0, 0.1) is 5.82 Å². The van der Waals surface area contributed by atoms with Crippen molar-refractivity contribution in [3.63, 3.8) is 0 Å². The van der Waals surface area contributed by atoms with Gasteiger partial charge in [-0.2, -0.15) is 0 Å². The summed E-state index contributed by atoms with van der Waals surface area (Å²) in [7, 11) is 0. The van der Waals surface area contributed by atoms with Crippen molar-refractivity contribution in [1.82, 2.24) is 19.7 Å². The molecule has 25 heavy (non-hydrogen) atoms. The molecule has 0 aliphatic carbocycles. The fourth-order valence-electron chi connectivity index (χ4n) is 2.56. The van der Waals surface area contributed by atoms with Crippen molar-refractivity contribution >= 4 is 17.7 Å². The molecule has 0 radical (unpaired) electrons. The Labute approximate surface area is 149 Å². The minimum absolute atomic E-state index is 0.0360. The molecule has 1 aliphatic rings. The Morgan fingerprint density at radius 1 is 1.32 bits per heavy atom. The maximum Gasteiger partial charge on any atom is 0.233 e. The normalized spacial score (nSPS) is 14.5. The maximum atomic E-state index is 14.1. The first-order valence-electron chi connectivity index (χ1n) is 7.98. The number of carbonyl (C=O) groups is 1. The van der Waals surface area contributed by atoms with Gasteiger partial charge in [0, 0.05) is 19.6 Å². The van der Waals surface area contributed by atoms with Crippen LogP contribution < -0.4 is 0 Å². The van der Waals surface area contributed by atoms with Gasteiger partial charge in [0.25, 0.3) is 0 Å². The number of morpholine rings is 1. The first-order chi connectivity index (χ1) is 12.2. The van der Waals surface area contributed by atoms with E-state index in [4.69, 9.17) is 4.74 Å². The summed E-state index contributed by atoms with van der Waals surface area (Å²) in [6, 6.07) is 6.42. The standard InChI is InChI=1S/C17H19FN4O2S/c1-2-7-22-16(13-5-3-4-6-14(13)18)19-20-17(22)25-12-15(23)21-8-10-24-11-9-21/h2-6H,1,7-12H2. The van der Waals surface area contributed by atoms with Gasteiger partial charge in [0.05, 0.1) is 24.5 Å². The van der Waals surface area contributed by atoms with Gasteiger partial charge in [0.2, 0.25) is 5.91 Å². The lowest BCUT2D eigenvalue weighted by atomic mass is 10.2. The summed E-state index contributed by atoms with van der Waals surface area (Å²) in [4.78, 5) is 14.1. The highest BCUT2D eigenvalue weighted by Gasteiger charge is 2.20. The van der Waals surface area contributed by atoms with Crippen LogP contribution in [0.1, 0.15) is 0 Å².